The lowest BCUT2D eigenvalue weighted by atomic mass is 9.98. The van der Waals surface area contributed by atoms with Crippen LogP contribution in [0, 0.1) is 12.8 Å². The van der Waals surface area contributed by atoms with E-state index in [0.29, 0.717) is 0 Å². The third-order valence-corrected chi connectivity index (χ3v) is 4.30. The Morgan fingerprint density at radius 1 is 1.41 bits per heavy atom. The van der Waals surface area contributed by atoms with E-state index in [0.717, 1.165) is 48.3 Å². The standard InChI is InChI=1S/C14H18BrNO/c1-11-3-2-4-13(9-11)14(17)16-7-5-12(10-15)6-8-16/h2-4,9,12H,5-8,10H2,1H3. The van der Waals surface area contributed by atoms with Crippen molar-refractivity contribution in [3.63, 3.8) is 0 Å². The van der Waals surface area contributed by atoms with E-state index in [1.165, 1.54) is 0 Å². The average Bonchev–Trinajstić information content (AvgIpc) is 2.38. The first-order valence-corrected chi connectivity index (χ1v) is 7.25. The maximum atomic E-state index is 12.3. The number of carbonyl (C=O) groups excluding carboxylic acids is 1. The molecule has 92 valence electrons. The van der Waals surface area contributed by atoms with Gasteiger partial charge in [0, 0.05) is 24.0 Å². The fourth-order valence-electron chi connectivity index (χ4n) is 2.25. The van der Waals surface area contributed by atoms with Crippen molar-refractivity contribution < 1.29 is 4.79 Å². The second-order valence-corrected chi connectivity index (χ2v) is 5.41. The van der Waals surface area contributed by atoms with Gasteiger partial charge in [0.15, 0.2) is 0 Å². The Labute approximate surface area is 111 Å². The summed E-state index contributed by atoms with van der Waals surface area (Å²) >= 11 is 3.52. The molecule has 0 aliphatic carbocycles. The highest BCUT2D eigenvalue weighted by Gasteiger charge is 2.22. The highest BCUT2D eigenvalue weighted by Crippen LogP contribution is 2.20. The average molecular weight is 296 g/mol. The number of benzene rings is 1. The zero-order chi connectivity index (χ0) is 12.3. The van der Waals surface area contributed by atoms with Gasteiger partial charge in [-0.3, -0.25) is 4.79 Å². The molecule has 0 N–H and O–H groups in total. The number of alkyl halides is 1. The van der Waals surface area contributed by atoms with E-state index in [1.54, 1.807) is 0 Å². The van der Waals surface area contributed by atoms with E-state index in [4.69, 9.17) is 0 Å². The molecule has 1 fully saturated rings. The number of halogens is 1. The van der Waals surface area contributed by atoms with Crippen LogP contribution in [0.5, 0.6) is 0 Å². The molecule has 1 aliphatic rings. The summed E-state index contributed by atoms with van der Waals surface area (Å²) in [5.41, 5.74) is 1.97. The number of piperidine rings is 1. The molecular weight excluding hydrogens is 278 g/mol. The van der Waals surface area contributed by atoms with E-state index in [1.807, 2.05) is 36.1 Å². The molecule has 0 spiro atoms. The van der Waals surface area contributed by atoms with Gasteiger partial charge in [-0.2, -0.15) is 0 Å². The number of hydrogen-bond donors (Lipinski definition) is 0. The van der Waals surface area contributed by atoms with Gasteiger partial charge in [-0.1, -0.05) is 33.6 Å². The zero-order valence-electron chi connectivity index (χ0n) is 10.2. The maximum absolute atomic E-state index is 12.3. The number of likely N-dealkylation sites (tertiary alicyclic amines) is 1. The van der Waals surface area contributed by atoms with Crippen LogP contribution in [0.2, 0.25) is 0 Å². The summed E-state index contributed by atoms with van der Waals surface area (Å²) in [5.74, 6) is 0.915. The van der Waals surface area contributed by atoms with E-state index < -0.39 is 0 Å². The maximum Gasteiger partial charge on any atom is 0.253 e. The van der Waals surface area contributed by atoms with Crippen LogP contribution in [0.25, 0.3) is 0 Å². The molecule has 1 heterocycles. The lowest BCUT2D eigenvalue weighted by molar-refractivity contribution is 0.0699. The van der Waals surface area contributed by atoms with Gasteiger partial charge in [-0.25, -0.2) is 0 Å². The Morgan fingerprint density at radius 3 is 2.71 bits per heavy atom. The molecule has 2 rings (SSSR count). The number of nitrogens with zero attached hydrogens (tertiary/aromatic N) is 1. The van der Waals surface area contributed by atoms with Crippen LogP contribution in [0.3, 0.4) is 0 Å². The molecule has 1 saturated heterocycles. The van der Waals surface area contributed by atoms with Crippen molar-refractivity contribution in [3.05, 3.63) is 35.4 Å². The molecule has 1 amide bonds. The van der Waals surface area contributed by atoms with Crippen LogP contribution in [0.15, 0.2) is 24.3 Å². The SMILES string of the molecule is Cc1cccc(C(=O)N2CCC(CBr)CC2)c1. The van der Waals surface area contributed by atoms with Crippen LogP contribution in [-0.4, -0.2) is 29.2 Å². The second-order valence-electron chi connectivity index (χ2n) is 4.76. The number of amides is 1. The Morgan fingerprint density at radius 2 is 2.12 bits per heavy atom. The number of aryl methyl sites for hydroxylation is 1. The molecule has 0 aromatic heterocycles. The molecule has 2 nitrogen and oxygen atoms in total. The van der Waals surface area contributed by atoms with Gasteiger partial charge in [0.2, 0.25) is 0 Å². The minimum atomic E-state index is 0.182. The molecule has 1 aromatic rings. The first kappa shape index (κ1) is 12.6. The third kappa shape index (κ3) is 3.09. The molecule has 0 saturated carbocycles. The minimum absolute atomic E-state index is 0.182. The predicted octanol–water partition coefficient (Wildman–Crippen LogP) is 3.24. The molecule has 0 bridgehead atoms. The van der Waals surface area contributed by atoms with Gasteiger partial charge < -0.3 is 4.90 Å². The number of carbonyl (C=O) groups is 1. The predicted molar refractivity (Wildman–Crippen MR) is 73.6 cm³/mol. The largest absolute Gasteiger partial charge is 0.339 e. The molecule has 1 aliphatic heterocycles. The third-order valence-electron chi connectivity index (χ3n) is 3.38. The Balaban J connectivity index is 2.02. The van der Waals surface area contributed by atoms with Gasteiger partial charge in [0.1, 0.15) is 0 Å². The summed E-state index contributed by atoms with van der Waals surface area (Å²) in [6.45, 7) is 3.81. The summed E-state index contributed by atoms with van der Waals surface area (Å²) in [5, 5.41) is 1.06. The van der Waals surface area contributed by atoms with Crippen molar-refractivity contribution in [2.45, 2.75) is 19.8 Å². The Kier molecular flexibility index (Phi) is 4.21. The van der Waals surface area contributed by atoms with Crippen molar-refractivity contribution in [1.82, 2.24) is 4.90 Å². The van der Waals surface area contributed by atoms with Crippen LogP contribution >= 0.6 is 15.9 Å². The zero-order valence-corrected chi connectivity index (χ0v) is 11.7. The summed E-state index contributed by atoms with van der Waals surface area (Å²) in [6, 6.07) is 7.85. The van der Waals surface area contributed by atoms with Crippen molar-refractivity contribution in [1.29, 1.82) is 0 Å². The lowest BCUT2D eigenvalue weighted by Crippen LogP contribution is -2.38. The fraction of sp³-hybridized carbons (Fsp3) is 0.500. The van der Waals surface area contributed by atoms with Crippen molar-refractivity contribution in [2.24, 2.45) is 5.92 Å². The van der Waals surface area contributed by atoms with Crippen molar-refractivity contribution >= 4 is 21.8 Å². The summed E-state index contributed by atoms with van der Waals surface area (Å²) in [7, 11) is 0. The summed E-state index contributed by atoms with van der Waals surface area (Å²) < 4.78 is 0. The van der Waals surface area contributed by atoms with E-state index >= 15 is 0 Å². The highest BCUT2D eigenvalue weighted by atomic mass is 79.9. The van der Waals surface area contributed by atoms with Crippen LogP contribution in [0.1, 0.15) is 28.8 Å². The van der Waals surface area contributed by atoms with Gasteiger partial charge >= 0.3 is 0 Å². The molecule has 1 aromatic carbocycles. The van der Waals surface area contributed by atoms with Crippen LogP contribution < -0.4 is 0 Å². The van der Waals surface area contributed by atoms with Gasteiger partial charge in [-0.15, -0.1) is 0 Å². The minimum Gasteiger partial charge on any atom is -0.339 e. The van der Waals surface area contributed by atoms with Crippen LogP contribution in [0.4, 0.5) is 0 Å². The smallest absolute Gasteiger partial charge is 0.253 e. The highest BCUT2D eigenvalue weighted by molar-refractivity contribution is 9.09. The van der Waals surface area contributed by atoms with E-state index in [9.17, 15) is 4.79 Å². The summed E-state index contributed by atoms with van der Waals surface area (Å²) in [6.07, 6.45) is 2.23. The molecule has 0 unspecified atom stereocenters. The lowest BCUT2D eigenvalue weighted by Gasteiger charge is -2.31. The molecule has 3 heteroatoms. The molecule has 0 radical (unpaired) electrons. The number of rotatable bonds is 2. The van der Waals surface area contributed by atoms with Crippen molar-refractivity contribution in [3.8, 4) is 0 Å². The fourth-order valence-corrected chi connectivity index (χ4v) is 2.90. The second kappa shape index (κ2) is 5.67. The van der Waals surface area contributed by atoms with E-state index in [2.05, 4.69) is 15.9 Å². The molecular formula is C14H18BrNO. The Bertz CT molecular complexity index is 397. The first-order chi connectivity index (χ1) is 8.20. The van der Waals surface area contributed by atoms with Gasteiger partial charge in [0.25, 0.3) is 5.91 Å². The topological polar surface area (TPSA) is 20.3 Å². The quantitative estimate of drug-likeness (QED) is 0.767. The monoisotopic (exact) mass is 295 g/mol. The van der Waals surface area contributed by atoms with Crippen molar-refractivity contribution in [2.75, 3.05) is 18.4 Å². The first-order valence-electron chi connectivity index (χ1n) is 6.12. The Hall–Kier alpha value is -0.830. The van der Waals surface area contributed by atoms with Gasteiger partial charge in [0.05, 0.1) is 0 Å². The summed E-state index contributed by atoms with van der Waals surface area (Å²) in [4.78, 5) is 14.2. The van der Waals surface area contributed by atoms with Gasteiger partial charge in [-0.05, 0) is 37.8 Å². The molecule has 0 atom stereocenters. The van der Waals surface area contributed by atoms with E-state index in [-0.39, 0.29) is 5.91 Å². The number of hydrogen-bond acceptors (Lipinski definition) is 1. The van der Waals surface area contributed by atoms with Crippen LogP contribution in [-0.2, 0) is 0 Å². The normalized spacial score (nSPS) is 17.2. The molecule has 17 heavy (non-hydrogen) atoms.